The van der Waals surface area contributed by atoms with Gasteiger partial charge < -0.3 is 5.32 Å². The van der Waals surface area contributed by atoms with Crippen LogP contribution in [0.5, 0.6) is 0 Å². The first-order valence-electron chi connectivity index (χ1n) is 8.53. The Balaban J connectivity index is 2.34. The zero-order valence-electron chi connectivity index (χ0n) is 16.2. The van der Waals surface area contributed by atoms with Crippen molar-refractivity contribution in [2.24, 2.45) is 0 Å². The van der Waals surface area contributed by atoms with E-state index >= 15 is 0 Å². The number of hydrogen-bond acceptors (Lipinski definition) is 4. The Labute approximate surface area is 154 Å². The highest BCUT2D eigenvalue weighted by molar-refractivity contribution is 7.99. The number of carbonyl (C=O) groups is 1. The summed E-state index contributed by atoms with van der Waals surface area (Å²) < 4.78 is 1.88. The molecule has 0 aromatic carbocycles. The molecule has 5 nitrogen and oxygen atoms in total. The number of amides is 1. The summed E-state index contributed by atoms with van der Waals surface area (Å²) in [6, 6.07) is 5.52. The van der Waals surface area contributed by atoms with Crippen LogP contribution in [0.3, 0.4) is 0 Å². The smallest absolute Gasteiger partial charge is 0.256 e. The maximum absolute atomic E-state index is 12.7. The summed E-state index contributed by atoms with van der Waals surface area (Å²) in [5, 5.41) is 8.61. The summed E-state index contributed by atoms with van der Waals surface area (Å²) in [5.74, 6) is 1.49. The van der Waals surface area contributed by atoms with Gasteiger partial charge in [0.1, 0.15) is 5.82 Å². The van der Waals surface area contributed by atoms with E-state index in [1.165, 1.54) is 0 Å². The normalized spacial score (nSPS) is 12.3. The molecule has 0 aliphatic carbocycles. The van der Waals surface area contributed by atoms with E-state index in [1.807, 2.05) is 16.8 Å². The molecule has 0 aliphatic heterocycles. The second kappa shape index (κ2) is 7.20. The van der Waals surface area contributed by atoms with E-state index < -0.39 is 0 Å². The van der Waals surface area contributed by atoms with E-state index in [0.29, 0.717) is 11.4 Å². The molecular weight excluding hydrogens is 332 g/mol. The summed E-state index contributed by atoms with van der Waals surface area (Å²) >= 11 is 1.62. The average Bonchev–Trinajstić information content (AvgIpc) is 2.92. The lowest BCUT2D eigenvalue weighted by Gasteiger charge is -2.23. The molecule has 0 spiro atoms. The topological polar surface area (TPSA) is 59.8 Å². The molecule has 1 amide bonds. The molecule has 6 heteroatoms. The Morgan fingerprint density at radius 1 is 1.20 bits per heavy atom. The summed E-state index contributed by atoms with van der Waals surface area (Å²) in [4.78, 5) is 17.0. The first-order valence-corrected chi connectivity index (χ1v) is 9.52. The van der Waals surface area contributed by atoms with Crippen molar-refractivity contribution in [3.8, 4) is 0 Å². The number of anilines is 1. The van der Waals surface area contributed by atoms with Crippen molar-refractivity contribution in [2.45, 2.75) is 64.4 Å². The fourth-order valence-corrected chi connectivity index (χ4v) is 2.96. The second-order valence-corrected chi connectivity index (χ2v) is 9.30. The van der Waals surface area contributed by atoms with Crippen LogP contribution >= 0.6 is 11.8 Å². The van der Waals surface area contributed by atoms with Gasteiger partial charge in [0.15, 0.2) is 0 Å². The average molecular weight is 361 g/mol. The molecule has 0 bridgehead atoms. The monoisotopic (exact) mass is 360 g/mol. The predicted molar refractivity (Wildman–Crippen MR) is 105 cm³/mol. The van der Waals surface area contributed by atoms with Crippen LogP contribution in [0.4, 0.5) is 5.82 Å². The number of hydrogen-bond donors (Lipinski definition) is 1. The third kappa shape index (κ3) is 4.84. The first kappa shape index (κ1) is 19.5. The number of rotatable bonds is 4. The van der Waals surface area contributed by atoms with Crippen molar-refractivity contribution in [1.29, 1.82) is 0 Å². The number of pyridine rings is 1. The van der Waals surface area contributed by atoms with Crippen molar-refractivity contribution >= 4 is 23.5 Å². The lowest BCUT2D eigenvalue weighted by atomic mass is 9.92. The number of aromatic nitrogens is 3. The molecule has 136 valence electrons. The molecule has 2 heterocycles. The molecule has 0 fully saturated rings. The molecule has 2 aromatic heterocycles. The van der Waals surface area contributed by atoms with E-state index in [4.69, 9.17) is 5.10 Å². The highest BCUT2D eigenvalue weighted by atomic mass is 32.2. The predicted octanol–water partition coefficient (Wildman–Crippen LogP) is 4.69. The van der Waals surface area contributed by atoms with E-state index in [0.717, 1.165) is 16.5 Å². The van der Waals surface area contributed by atoms with Crippen LogP contribution in [0.25, 0.3) is 0 Å². The van der Waals surface area contributed by atoms with Crippen molar-refractivity contribution in [2.75, 3.05) is 11.1 Å². The molecule has 0 atom stereocenters. The SMILES string of the molecule is CCSc1cc(C(=O)Nc2cc(C(C)(C)C)nn2C(C)(C)C)ccn1. The Hall–Kier alpha value is -1.82. The molecule has 2 rings (SSSR count). The van der Waals surface area contributed by atoms with Gasteiger partial charge in [-0.1, -0.05) is 27.7 Å². The van der Waals surface area contributed by atoms with Crippen molar-refractivity contribution in [1.82, 2.24) is 14.8 Å². The Morgan fingerprint density at radius 2 is 1.88 bits per heavy atom. The quantitative estimate of drug-likeness (QED) is 0.803. The van der Waals surface area contributed by atoms with Gasteiger partial charge in [0.25, 0.3) is 5.91 Å². The van der Waals surface area contributed by atoms with Crippen LogP contribution in [-0.4, -0.2) is 26.4 Å². The minimum Gasteiger partial charge on any atom is -0.307 e. The second-order valence-electron chi connectivity index (χ2n) is 8.02. The Bertz CT molecular complexity index is 754. The van der Waals surface area contributed by atoms with Gasteiger partial charge in [-0.3, -0.25) is 4.79 Å². The summed E-state index contributed by atoms with van der Waals surface area (Å²) in [5.41, 5.74) is 1.24. The van der Waals surface area contributed by atoms with E-state index in [9.17, 15) is 4.79 Å². The van der Waals surface area contributed by atoms with Gasteiger partial charge in [-0.05, 0) is 38.7 Å². The van der Waals surface area contributed by atoms with Crippen LogP contribution in [-0.2, 0) is 11.0 Å². The molecule has 25 heavy (non-hydrogen) atoms. The minimum atomic E-state index is -0.229. The zero-order valence-corrected chi connectivity index (χ0v) is 17.0. The molecule has 1 N–H and O–H groups in total. The molecule has 2 aromatic rings. The third-order valence-corrected chi connectivity index (χ3v) is 4.45. The number of carbonyl (C=O) groups excluding carboxylic acids is 1. The van der Waals surface area contributed by atoms with Crippen molar-refractivity contribution in [3.63, 3.8) is 0 Å². The lowest BCUT2D eigenvalue weighted by molar-refractivity contribution is 0.102. The molecule has 0 saturated carbocycles. The number of thioether (sulfide) groups is 1. The summed E-state index contributed by atoms with van der Waals surface area (Å²) in [6.07, 6.45) is 1.68. The van der Waals surface area contributed by atoms with E-state index in [2.05, 4.69) is 58.8 Å². The Kier molecular flexibility index (Phi) is 5.62. The van der Waals surface area contributed by atoms with Crippen LogP contribution in [0.15, 0.2) is 29.4 Å². The summed E-state index contributed by atoms with van der Waals surface area (Å²) in [7, 11) is 0. The van der Waals surface area contributed by atoms with Gasteiger partial charge in [-0.25, -0.2) is 9.67 Å². The van der Waals surface area contributed by atoms with Crippen LogP contribution in [0.2, 0.25) is 0 Å². The van der Waals surface area contributed by atoms with Gasteiger partial charge in [-0.15, -0.1) is 11.8 Å². The van der Waals surface area contributed by atoms with E-state index in [1.54, 1.807) is 24.0 Å². The van der Waals surface area contributed by atoms with Gasteiger partial charge in [0.05, 0.1) is 16.3 Å². The summed E-state index contributed by atoms with van der Waals surface area (Å²) in [6.45, 7) is 14.6. The van der Waals surface area contributed by atoms with Crippen LogP contribution in [0, 0.1) is 0 Å². The molecule has 0 aliphatic rings. The zero-order chi connectivity index (χ0) is 18.8. The van der Waals surface area contributed by atoms with Crippen LogP contribution < -0.4 is 5.32 Å². The minimum absolute atomic E-state index is 0.0857. The van der Waals surface area contributed by atoms with Crippen LogP contribution in [0.1, 0.15) is 64.5 Å². The van der Waals surface area contributed by atoms with Gasteiger partial charge in [-0.2, -0.15) is 5.10 Å². The van der Waals surface area contributed by atoms with Crippen molar-refractivity contribution in [3.05, 3.63) is 35.7 Å². The maximum Gasteiger partial charge on any atom is 0.256 e. The van der Waals surface area contributed by atoms with Gasteiger partial charge in [0.2, 0.25) is 0 Å². The van der Waals surface area contributed by atoms with Crippen molar-refractivity contribution < 1.29 is 4.79 Å². The van der Waals surface area contributed by atoms with E-state index in [-0.39, 0.29) is 16.9 Å². The van der Waals surface area contributed by atoms with Gasteiger partial charge >= 0.3 is 0 Å². The standard InChI is InChI=1S/C19H28N4OS/c1-8-25-16-11-13(9-10-20-16)17(24)21-15-12-14(18(2,3)4)22-23(15)19(5,6)7/h9-12H,8H2,1-7H3,(H,21,24). The Morgan fingerprint density at radius 3 is 2.44 bits per heavy atom. The largest absolute Gasteiger partial charge is 0.307 e. The molecular formula is C19H28N4OS. The molecule has 0 unspecified atom stereocenters. The molecule has 0 radical (unpaired) electrons. The molecule has 0 saturated heterocycles. The first-order chi connectivity index (χ1) is 11.5. The highest BCUT2D eigenvalue weighted by Gasteiger charge is 2.26. The fourth-order valence-electron chi connectivity index (χ4n) is 2.31. The fraction of sp³-hybridized carbons (Fsp3) is 0.526. The van der Waals surface area contributed by atoms with Gasteiger partial charge in [0, 0.05) is 23.2 Å². The maximum atomic E-state index is 12.7. The third-order valence-electron chi connectivity index (χ3n) is 3.64. The lowest BCUT2D eigenvalue weighted by Crippen LogP contribution is -2.27. The number of nitrogens with zero attached hydrogens (tertiary/aromatic N) is 3. The number of nitrogens with one attached hydrogen (secondary N) is 1. The highest BCUT2D eigenvalue weighted by Crippen LogP contribution is 2.28.